The monoisotopic (exact) mass is 494 g/mol. The van der Waals surface area contributed by atoms with Crippen molar-refractivity contribution in [1.29, 1.82) is 0 Å². The fourth-order valence-electron chi connectivity index (χ4n) is 3.63. The van der Waals surface area contributed by atoms with Crippen molar-refractivity contribution in [2.75, 3.05) is 13.2 Å². The summed E-state index contributed by atoms with van der Waals surface area (Å²) in [6, 6.07) is 12.8. The number of nitrogens with zero attached hydrogens (tertiary/aromatic N) is 4. The van der Waals surface area contributed by atoms with Crippen LogP contribution in [0.5, 0.6) is 5.75 Å². The third-order valence-corrected chi connectivity index (χ3v) is 5.41. The minimum atomic E-state index is -0.702. The van der Waals surface area contributed by atoms with Crippen LogP contribution in [0.25, 0.3) is 16.7 Å². The summed E-state index contributed by atoms with van der Waals surface area (Å²) in [6.07, 6.45) is 1.60. The van der Waals surface area contributed by atoms with Crippen molar-refractivity contribution in [1.82, 2.24) is 14.0 Å². The van der Waals surface area contributed by atoms with Gasteiger partial charge < -0.3 is 14.0 Å². The van der Waals surface area contributed by atoms with E-state index in [-0.39, 0.29) is 41.3 Å². The number of rotatable bonds is 6. The molecule has 0 spiro atoms. The number of carbonyl (C=O) groups excluding carboxylic acids is 2. The van der Waals surface area contributed by atoms with E-state index in [0.29, 0.717) is 22.1 Å². The van der Waals surface area contributed by atoms with Crippen LogP contribution in [0.3, 0.4) is 0 Å². The van der Waals surface area contributed by atoms with Gasteiger partial charge in [-0.2, -0.15) is 4.99 Å². The number of amides is 1. The quantitative estimate of drug-likeness (QED) is 0.300. The van der Waals surface area contributed by atoms with E-state index in [1.165, 1.54) is 10.5 Å². The molecule has 0 radical (unpaired) electrons. The summed E-state index contributed by atoms with van der Waals surface area (Å²) in [4.78, 5) is 47.8. The topological polar surface area (TPSA) is 104 Å². The minimum absolute atomic E-state index is 0.0114. The van der Waals surface area contributed by atoms with Crippen molar-refractivity contribution in [3.05, 3.63) is 81.2 Å². The number of ether oxygens (including phenoxy) is 2. The Morgan fingerprint density at radius 2 is 1.89 bits per heavy atom. The number of aromatic nitrogens is 3. The van der Waals surface area contributed by atoms with Gasteiger partial charge in [0.05, 0.1) is 12.0 Å². The third kappa shape index (κ3) is 4.95. The summed E-state index contributed by atoms with van der Waals surface area (Å²) < 4.78 is 13.7. The molecule has 1 amide bonds. The fraction of sp³-hybridized carbons (Fsp3) is 0.240. The second kappa shape index (κ2) is 10.1. The first-order valence-electron chi connectivity index (χ1n) is 11.0. The zero-order valence-electron chi connectivity index (χ0n) is 19.4. The maximum atomic E-state index is 13.2. The molecule has 0 N–H and O–H groups in total. The molecular formula is C25H23ClN4O5. The van der Waals surface area contributed by atoms with E-state index >= 15 is 0 Å². The molecular weight excluding hydrogens is 472 g/mol. The maximum Gasteiger partial charge on any atom is 0.341 e. The Morgan fingerprint density at radius 1 is 1.14 bits per heavy atom. The smallest absolute Gasteiger partial charge is 0.341 e. The Hall–Kier alpha value is -3.98. The van der Waals surface area contributed by atoms with Gasteiger partial charge in [0.15, 0.2) is 12.1 Å². The van der Waals surface area contributed by atoms with E-state index in [0.717, 1.165) is 0 Å². The maximum absolute atomic E-state index is 13.2. The molecule has 0 aliphatic rings. The van der Waals surface area contributed by atoms with Crippen LogP contribution in [-0.2, 0) is 9.53 Å². The van der Waals surface area contributed by atoms with Crippen LogP contribution in [0, 0.1) is 0 Å². The molecule has 180 valence electrons. The predicted molar refractivity (Wildman–Crippen MR) is 131 cm³/mol. The molecule has 0 saturated carbocycles. The highest BCUT2D eigenvalue weighted by molar-refractivity contribution is 6.30. The van der Waals surface area contributed by atoms with Crippen molar-refractivity contribution in [2.45, 2.75) is 26.8 Å². The van der Waals surface area contributed by atoms with Crippen LogP contribution in [0.1, 0.15) is 37.2 Å². The highest BCUT2D eigenvalue weighted by Gasteiger charge is 2.21. The van der Waals surface area contributed by atoms with Gasteiger partial charge in [-0.05, 0) is 63.2 Å². The molecule has 0 atom stereocenters. The fourth-order valence-corrected chi connectivity index (χ4v) is 3.75. The van der Waals surface area contributed by atoms with Crippen molar-refractivity contribution in [2.24, 2.45) is 4.99 Å². The van der Waals surface area contributed by atoms with Gasteiger partial charge in [0.2, 0.25) is 0 Å². The van der Waals surface area contributed by atoms with Gasteiger partial charge >= 0.3 is 5.97 Å². The average molecular weight is 495 g/mol. The summed E-state index contributed by atoms with van der Waals surface area (Å²) >= 11 is 5.88. The second-order valence-electron chi connectivity index (χ2n) is 7.90. The number of esters is 1. The van der Waals surface area contributed by atoms with Crippen LogP contribution in [-0.4, -0.2) is 39.0 Å². The number of pyridine rings is 2. The lowest BCUT2D eigenvalue weighted by Crippen LogP contribution is -2.34. The zero-order valence-corrected chi connectivity index (χ0v) is 20.2. The third-order valence-electron chi connectivity index (χ3n) is 5.15. The molecule has 4 aromatic rings. The second-order valence-corrected chi connectivity index (χ2v) is 8.33. The molecule has 0 saturated heterocycles. The number of benzene rings is 1. The van der Waals surface area contributed by atoms with Gasteiger partial charge in [0.25, 0.3) is 11.5 Å². The predicted octanol–water partition coefficient (Wildman–Crippen LogP) is 3.57. The van der Waals surface area contributed by atoms with E-state index in [9.17, 15) is 14.4 Å². The van der Waals surface area contributed by atoms with Crippen LogP contribution in [0.15, 0.2) is 64.5 Å². The Kier molecular flexibility index (Phi) is 6.97. The van der Waals surface area contributed by atoms with Crippen LogP contribution >= 0.6 is 11.6 Å². The molecule has 0 aliphatic heterocycles. The summed E-state index contributed by atoms with van der Waals surface area (Å²) in [5.74, 6) is -0.886. The molecule has 3 heterocycles. The van der Waals surface area contributed by atoms with E-state index in [1.807, 2.05) is 13.8 Å². The van der Waals surface area contributed by atoms with Gasteiger partial charge in [-0.15, -0.1) is 0 Å². The summed E-state index contributed by atoms with van der Waals surface area (Å²) in [5, 5.41) is 0.742. The summed E-state index contributed by atoms with van der Waals surface area (Å²) in [6.45, 7) is 5.10. The van der Waals surface area contributed by atoms with Crippen LogP contribution in [0.2, 0.25) is 5.02 Å². The van der Waals surface area contributed by atoms with Crippen LogP contribution < -0.4 is 15.8 Å². The normalized spacial score (nSPS) is 11.9. The van der Waals surface area contributed by atoms with Crippen molar-refractivity contribution in [3.63, 3.8) is 0 Å². The molecule has 1 aromatic carbocycles. The van der Waals surface area contributed by atoms with E-state index < -0.39 is 11.9 Å². The highest BCUT2D eigenvalue weighted by Crippen LogP contribution is 2.17. The Morgan fingerprint density at radius 3 is 2.57 bits per heavy atom. The number of hydrogen-bond acceptors (Lipinski definition) is 6. The zero-order chi connectivity index (χ0) is 25.1. The standard InChI is InChI=1S/C25H23ClN4O5/c1-4-34-25(33)19-13-18-22(27-20-7-5-6-12-29(20)24(18)32)30(15(2)3)23(19)28-21(31)14-35-17-10-8-16(26)9-11-17/h5-13,15H,4,14H2,1-3H3. The average Bonchev–Trinajstić information content (AvgIpc) is 2.83. The minimum Gasteiger partial charge on any atom is -0.484 e. The Balaban J connectivity index is 1.93. The first-order valence-corrected chi connectivity index (χ1v) is 11.4. The van der Waals surface area contributed by atoms with Crippen LogP contribution in [0.4, 0.5) is 0 Å². The molecule has 3 aromatic heterocycles. The number of fused-ring (bicyclic) bond motifs is 2. The van der Waals surface area contributed by atoms with Gasteiger partial charge in [-0.3, -0.25) is 14.0 Å². The highest BCUT2D eigenvalue weighted by atomic mass is 35.5. The Bertz CT molecular complexity index is 1550. The molecule has 0 aliphatic carbocycles. The Labute approximate surface area is 205 Å². The lowest BCUT2D eigenvalue weighted by atomic mass is 10.2. The van der Waals surface area contributed by atoms with E-state index in [1.54, 1.807) is 60.2 Å². The van der Waals surface area contributed by atoms with E-state index in [4.69, 9.17) is 21.1 Å². The molecule has 9 nitrogen and oxygen atoms in total. The lowest BCUT2D eigenvalue weighted by molar-refractivity contribution is -0.120. The van der Waals surface area contributed by atoms with Crippen molar-refractivity contribution in [3.8, 4) is 5.75 Å². The number of hydrogen-bond donors (Lipinski definition) is 0. The summed E-state index contributed by atoms with van der Waals surface area (Å²) in [5.41, 5.74) is 0.404. The first-order chi connectivity index (χ1) is 16.8. The number of halogens is 1. The number of carbonyl (C=O) groups is 2. The van der Waals surface area contributed by atoms with Crippen molar-refractivity contribution < 1.29 is 19.1 Å². The molecule has 35 heavy (non-hydrogen) atoms. The largest absolute Gasteiger partial charge is 0.484 e. The first kappa shape index (κ1) is 24.2. The van der Waals surface area contributed by atoms with Gasteiger partial charge in [-0.1, -0.05) is 17.7 Å². The van der Waals surface area contributed by atoms with Gasteiger partial charge in [-0.25, -0.2) is 9.78 Å². The van der Waals surface area contributed by atoms with Gasteiger partial charge in [0.1, 0.15) is 22.6 Å². The van der Waals surface area contributed by atoms with Crippen molar-refractivity contribution >= 4 is 40.2 Å². The SMILES string of the molecule is CCOC(=O)c1cc2c(=O)n3ccccc3nc2n(C(C)C)c1=NC(=O)COc1ccc(Cl)cc1. The molecule has 4 rings (SSSR count). The molecule has 10 heteroatoms. The molecule has 0 fully saturated rings. The van der Waals surface area contributed by atoms with Gasteiger partial charge in [0, 0.05) is 17.3 Å². The summed E-state index contributed by atoms with van der Waals surface area (Å²) in [7, 11) is 0. The lowest BCUT2D eigenvalue weighted by Gasteiger charge is -2.17. The molecule has 0 unspecified atom stereocenters. The van der Waals surface area contributed by atoms with E-state index in [2.05, 4.69) is 9.98 Å². The molecule has 0 bridgehead atoms.